The van der Waals surface area contributed by atoms with Crippen LogP contribution >= 0.6 is 11.3 Å². The van der Waals surface area contributed by atoms with E-state index in [1.165, 1.54) is 80.4 Å². The fourth-order valence-electron chi connectivity index (χ4n) is 11.0. The van der Waals surface area contributed by atoms with Gasteiger partial charge < -0.3 is 13.9 Å². The van der Waals surface area contributed by atoms with E-state index >= 15 is 0 Å². The zero-order chi connectivity index (χ0) is 41.9. The third-order valence-corrected chi connectivity index (χ3v) is 14.9. The Morgan fingerprint density at radius 2 is 1.11 bits per heavy atom. The fourth-order valence-corrected chi connectivity index (χ4v) is 12.3. The fraction of sp³-hybridized carbons (Fsp3) is 0.0333. The summed E-state index contributed by atoms with van der Waals surface area (Å²) in [6.07, 6.45) is 5.62. The molecule has 64 heavy (non-hydrogen) atoms. The Balaban J connectivity index is 1.12. The zero-order valence-electron chi connectivity index (χ0n) is 34.7. The molecule has 1 unspecified atom stereocenters. The lowest BCUT2D eigenvalue weighted by atomic mass is 9.89. The van der Waals surface area contributed by atoms with Gasteiger partial charge in [0.2, 0.25) is 0 Å². The third-order valence-electron chi connectivity index (χ3n) is 13.7. The highest BCUT2D eigenvalue weighted by Gasteiger charge is 2.30. The van der Waals surface area contributed by atoms with Crippen molar-refractivity contribution < 1.29 is 4.42 Å². The summed E-state index contributed by atoms with van der Waals surface area (Å²) in [6, 6.07) is 73.6. The van der Waals surface area contributed by atoms with Crippen molar-refractivity contribution in [3.05, 3.63) is 217 Å². The number of furan rings is 1. The predicted octanol–water partition coefficient (Wildman–Crippen LogP) is 17.3. The lowest BCUT2D eigenvalue weighted by Gasteiger charge is -2.35. The van der Waals surface area contributed by atoms with Crippen LogP contribution in [0.4, 0.5) is 11.4 Å². The monoisotopic (exact) mass is 834 g/mol. The maximum absolute atomic E-state index is 6.86. The minimum absolute atomic E-state index is 0.118. The number of fused-ring (bicyclic) bond motifs is 15. The van der Waals surface area contributed by atoms with Crippen LogP contribution in [0.25, 0.3) is 109 Å². The third kappa shape index (κ3) is 5.15. The molecule has 10 aromatic carbocycles. The smallest absolute Gasteiger partial charge is 0.138 e. The molecular formula is C60H38N2OS. The summed E-state index contributed by atoms with van der Waals surface area (Å²) in [7, 11) is 0. The van der Waals surface area contributed by atoms with Crippen molar-refractivity contribution in [1.82, 2.24) is 4.57 Å². The second kappa shape index (κ2) is 13.8. The molecule has 0 radical (unpaired) electrons. The van der Waals surface area contributed by atoms with Crippen molar-refractivity contribution in [2.45, 2.75) is 12.5 Å². The molecule has 3 nitrogen and oxygen atoms in total. The Morgan fingerprint density at radius 3 is 1.88 bits per heavy atom. The summed E-state index contributed by atoms with van der Waals surface area (Å²) < 4.78 is 10.6. The van der Waals surface area contributed by atoms with Gasteiger partial charge in [-0.3, -0.25) is 0 Å². The van der Waals surface area contributed by atoms with Gasteiger partial charge in [-0.05, 0) is 111 Å². The van der Waals surface area contributed by atoms with Crippen molar-refractivity contribution in [3.8, 4) is 16.8 Å². The van der Waals surface area contributed by atoms with E-state index < -0.39 is 0 Å². The van der Waals surface area contributed by atoms with Crippen LogP contribution in [0, 0.1) is 0 Å². The Morgan fingerprint density at radius 1 is 0.469 bits per heavy atom. The summed E-state index contributed by atoms with van der Waals surface area (Å²) >= 11 is 1.93. The van der Waals surface area contributed by atoms with Gasteiger partial charge in [0.05, 0.1) is 17.1 Å². The quantitative estimate of drug-likeness (QED) is 0.161. The van der Waals surface area contributed by atoms with Gasteiger partial charge in [-0.1, -0.05) is 146 Å². The Labute approximate surface area is 372 Å². The molecule has 1 atom stereocenters. The first kappa shape index (κ1) is 35.7. The van der Waals surface area contributed by atoms with Gasteiger partial charge in [0.25, 0.3) is 0 Å². The van der Waals surface area contributed by atoms with Gasteiger partial charge in [0.1, 0.15) is 11.2 Å². The van der Waals surface area contributed by atoms with Gasteiger partial charge in [-0.15, -0.1) is 11.3 Å². The number of nitrogens with zero attached hydrogens (tertiary/aromatic N) is 2. The van der Waals surface area contributed by atoms with Crippen molar-refractivity contribution >= 4 is 115 Å². The van der Waals surface area contributed by atoms with E-state index in [2.05, 4.69) is 222 Å². The van der Waals surface area contributed by atoms with Crippen LogP contribution in [0.1, 0.15) is 22.9 Å². The van der Waals surface area contributed by atoms with Crippen LogP contribution in [-0.2, 0) is 0 Å². The van der Waals surface area contributed by atoms with Crippen molar-refractivity contribution in [3.63, 3.8) is 0 Å². The normalized spacial score (nSPS) is 14.0. The first-order valence-electron chi connectivity index (χ1n) is 22.1. The molecule has 1 aliphatic rings. The minimum atomic E-state index is 0.118. The summed E-state index contributed by atoms with van der Waals surface area (Å²) in [5, 5.41) is 13.6. The molecule has 0 N–H and O–H groups in total. The van der Waals surface area contributed by atoms with Crippen LogP contribution in [0.15, 0.2) is 211 Å². The first-order chi connectivity index (χ1) is 31.8. The zero-order valence-corrected chi connectivity index (χ0v) is 35.5. The van der Waals surface area contributed by atoms with Gasteiger partial charge in [-0.25, -0.2) is 0 Å². The second-order valence-corrected chi connectivity index (χ2v) is 18.2. The molecule has 13 aromatic rings. The lowest BCUT2D eigenvalue weighted by Crippen LogP contribution is -2.24. The molecule has 0 amide bonds. The molecule has 0 saturated heterocycles. The Bertz CT molecular complexity index is 4020. The highest BCUT2D eigenvalue weighted by atomic mass is 32.1. The van der Waals surface area contributed by atoms with E-state index in [4.69, 9.17) is 4.42 Å². The molecule has 14 rings (SSSR count). The van der Waals surface area contributed by atoms with Crippen LogP contribution in [0.3, 0.4) is 0 Å². The van der Waals surface area contributed by atoms with Gasteiger partial charge in [0.15, 0.2) is 0 Å². The average molecular weight is 835 g/mol. The summed E-state index contributed by atoms with van der Waals surface area (Å²) in [4.78, 5) is 3.99. The summed E-state index contributed by atoms with van der Waals surface area (Å²) in [5.41, 5.74) is 11.2. The number of hydrogen-bond acceptors (Lipinski definition) is 3. The number of thiophene rings is 1. The number of hydrogen-bond donors (Lipinski definition) is 0. The number of benzene rings is 10. The molecule has 3 aromatic heterocycles. The van der Waals surface area contributed by atoms with Gasteiger partial charge in [0, 0.05) is 65.2 Å². The molecular weight excluding hydrogens is 797 g/mol. The molecule has 300 valence electrons. The van der Waals surface area contributed by atoms with E-state index in [0.717, 1.165) is 50.8 Å². The molecule has 4 heteroatoms. The number of para-hydroxylation sites is 3. The minimum Gasteiger partial charge on any atom is -0.456 e. The predicted molar refractivity (Wildman–Crippen MR) is 273 cm³/mol. The first-order valence-corrected chi connectivity index (χ1v) is 22.9. The van der Waals surface area contributed by atoms with Crippen LogP contribution in [-0.4, -0.2) is 4.57 Å². The van der Waals surface area contributed by atoms with Crippen LogP contribution < -0.4 is 4.90 Å². The van der Waals surface area contributed by atoms with Crippen LogP contribution in [0.2, 0.25) is 0 Å². The molecule has 0 bridgehead atoms. The van der Waals surface area contributed by atoms with E-state index in [9.17, 15) is 0 Å². The van der Waals surface area contributed by atoms with E-state index in [0.29, 0.717) is 0 Å². The largest absolute Gasteiger partial charge is 0.456 e. The standard InChI is InChI=1S/C60H38N2OS/c1-3-16-38(17-4-1)61(52-27-15-26-47-46-24-12-14-29-56(46)64-60(47)52)40-31-33-51-50(35-40)58-53(62(51)39-18-5-2-6-19-39)36-55-59(48-25-11-13-28-54(48)63-55)57(58)37-30-32-45-43-22-8-7-20-41(43)42-21-9-10-23-44(42)49(45)34-37/h1-26,28-36,52H,27H2. The molecule has 0 spiro atoms. The summed E-state index contributed by atoms with van der Waals surface area (Å²) in [6.45, 7) is 0. The highest BCUT2D eigenvalue weighted by molar-refractivity contribution is 7.19. The second-order valence-electron chi connectivity index (χ2n) is 17.1. The van der Waals surface area contributed by atoms with E-state index in [1.807, 2.05) is 11.3 Å². The topological polar surface area (TPSA) is 21.3 Å². The number of aromatic nitrogens is 1. The van der Waals surface area contributed by atoms with Crippen molar-refractivity contribution in [2.75, 3.05) is 4.90 Å². The van der Waals surface area contributed by atoms with E-state index in [-0.39, 0.29) is 6.04 Å². The van der Waals surface area contributed by atoms with Gasteiger partial charge in [-0.2, -0.15) is 0 Å². The maximum atomic E-state index is 6.86. The van der Waals surface area contributed by atoms with E-state index in [1.54, 1.807) is 0 Å². The van der Waals surface area contributed by atoms with Crippen molar-refractivity contribution in [1.29, 1.82) is 0 Å². The molecule has 3 heterocycles. The van der Waals surface area contributed by atoms with Crippen molar-refractivity contribution in [2.24, 2.45) is 0 Å². The molecule has 0 fully saturated rings. The summed E-state index contributed by atoms with van der Waals surface area (Å²) in [5.74, 6) is 0. The highest BCUT2D eigenvalue weighted by Crippen LogP contribution is 2.51. The Kier molecular flexibility index (Phi) is 7.68. The Hall–Kier alpha value is -7.92. The molecule has 1 aliphatic carbocycles. The number of rotatable bonds is 5. The van der Waals surface area contributed by atoms with Crippen LogP contribution in [0.5, 0.6) is 0 Å². The molecule has 0 aliphatic heterocycles. The SMILES string of the molecule is C1=Cc2c(sc3ccccc23)C(N(c2ccccc2)c2ccc3c(c2)c2c(-c4ccc5c6ccccc6c6ccccc6c5c4)c4c(cc2n3-c2ccccc2)oc2ccccc24)C1. The molecule has 0 saturated carbocycles. The lowest BCUT2D eigenvalue weighted by molar-refractivity contribution is 0.669. The average Bonchev–Trinajstić information content (AvgIpc) is 4.04. The maximum Gasteiger partial charge on any atom is 0.138 e. The number of anilines is 2. The van der Waals surface area contributed by atoms with Gasteiger partial charge >= 0.3 is 0 Å².